The monoisotopic (exact) mass is 459 g/mol. The minimum absolute atomic E-state index is 0.132. The summed E-state index contributed by atoms with van der Waals surface area (Å²) in [4.78, 5) is 32.1. The molecule has 0 saturated carbocycles. The molecule has 0 atom stereocenters. The lowest BCUT2D eigenvalue weighted by molar-refractivity contribution is -0.114. The van der Waals surface area contributed by atoms with Gasteiger partial charge in [-0.05, 0) is 6.92 Å². The second-order valence-electron chi connectivity index (χ2n) is 7.09. The maximum absolute atomic E-state index is 13.8. The molecular formula is C21H23F2N7O3. The van der Waals surface area contributed by atoms with Gasteiger partial charge in [-0.25, -0.2) is 19.9 Å². The molecule has 0 aliphatic rings. The summed E-state index contributed by atoms with van der Waals surface area (Å²) in [5, 5.41) is 5.57. The average molecular weight is 459 g/mol. The Bertz CT molecular complexity index is 1140. The number of methoxy groups -OCH3 is 1. The number of aryl methyl sites for hydroxylation is 1. The van der Waals surface area contributed by atoms with Gasteiger partial charge in [0, 0.05) is 57.2 Å². The number of nitrogens with one attached hydrogen (secondary N) is 2. The molecule has 3 aromatic heterocycles. The Morgan fingerprint density at radius 2 is 1.91 bits per heavy atom. The highest BCUT2D eigenvalue weighted by atomic mass is 19.3. The normalized spacial score (nSPS) is 11.2. The topological polar surface area (TPSA) is 124 Å². The summed E-state index contributed by atoms with van der Waals surface area (Å²) in [5.74, 6) is -3.20. The second kappa shape index (κ2) is 10.2. The van der Waals surface area contributed by atoms with Crippen molar-refractivity contribution in [3.8, 4) is 17.3 Å². The molecular weight excluding hydrogens is 436 g/mol. The fraction of sp³-hybridized carbons (Fsp3) is 0.333. The van der Waals surface area contributed by atoms with Crippen molar-refractivity contribution in [1.82, 2.24) is 24.9 Å². The average Bonchev–Trinajstić information content (AvgIpc) is 2.73. The van der Waals surface area contributed by atoms with Gasteiger partial charge in [0.15, 0.2) is 5.82 Å². The number of pyridine rings is 1. The molecule has 12 heteroatoms. The molecule has 0 aromatic carbocycles. The quantitative estimate of drug-likeness (QED) is 0.463. The fourth-order valence-corrected chi connectivity index (χ4v) is 2.73. The van der Waals surface area contributed by atoms with Crippen molar-refractivity contribution in [1.29, 1.82) is 0 Å². The van der Waals surface area contributed by atoms with Crippen LogP contribution in [0.1, 0.15) is 25.4 Å². The van der Waals surface area contributed by atoms with Gasteiger partial charge in [0.2, 0.25) is 17.6 Å². The molecule has 3 aromatic rings. The number of rotatable bonds is 9. The molecule has 0 bridgehead atoms. The summed E-state index contributed by atoms with van der Waals surface area (Å²) in [6.07, 6.45) is 2.96. The third-order valence-electron chi connectivity index (χ3n) is 4.13. The smallest absolute Gasteiger partial charge is 0.303 e. The van der Waals surface area contributed by atoms with E-state index in [1.54, 1.807) is 20.1 Å². The van der Waals surface area contributed by atoms with Crippen LogP contribution in [0.4, 0.5) is 26.1 Å². The first-order chi connectivity index (χ1) is 15.7. The van der Waals surface area contributed by atoms with Crippen LogP contribution in [0.3, 0.4) is 0 Å². The number of halogens is 2. The highest BCUT2D eigenvalue weighted by Crippen LogP contribution is 2.31. The number of carbonyl (C=O) groups excluding carboxylic acids is 1. The molecule has 0 saturated heterocycles. The zero-order chi connectivity index (χ0) is 24.0. The van der Waals surface area contributed by atoms with E-state index in [4.69, 9.17) is 9.47 Å². The van der Waals surface area contributed by atoms with Gasteiger partial charge >= 0.3 is 5.92 Å². The number of carbonyl (C=O) groups is 1. The largest absolute Gasteiger partial charge is 0.475 e. The van der Waals surface area contributed by atoms with Crippen molar-refractivity contribution < 1.29 is 23.0 Å². The van der Waals surface area contributed by atoms with E-state index < -0.39 is 11.7 Å². The molecule has 3 heterocycles. The molecule has 0 spiro atoms. The zero-order valence-electron chi connectivity index (χ0n) is 18.5. The lowest BCUT2D eigenvalue weighted by atomic mass is 10.2. The number of anilines is 3. The van der Waals surface area contributed by atoms with E-state index in [0.29, 0.717) is 36.0 Å². The fourth-order valence-electron chi connectivity index (χ4n) is 2.73. The van der Waals surface area contributed by atoms with Crippen LogP contribution in [-0.2, 0) is 15.5 Å². The molecule has 0 aliphatic heterocycles. The summed E-state index contributed by atoms with van der Waals surface area (Å²) in [7, 11) is 1.56. The summed E-state index contributed by atoms with van der Waals surface area (Å²) in [6, 6.07) is 4.64. The van der Waals surface area contributed by atoms with Gasteiger partial charge in [0.25, 0.3) is 0 Å². The maximum Gasteiger partial charge on any atom is 0.303 e. The van der Waals surface area contributed by atoms with Gasteiger partial charge in [-0.2, -0.15) is 13.8 Å². The standard InChI is InChI=1S/C21H23F2N7O3/c1-12-9-17(29-20(26-12)21(3,22)23)28-15-10-16(27-13(2)31)25-11-14(15)19-24-6-5-18(30-19)33-8-7-32-4/h5-6,9-11H,7-8H2,1-4H3,(H2,25,26,27,28,29,31). The first-order valence-electron chi connectivity index (χ1n) is 9.89. The van der Waals surface area contributed by atoms with E-state index in [2.05, 4.69) is 35.6 Å². The number of hydrogen-bond acceptors (Lipinski definition) is 9. The zero-order valence-corrected chi connectivity index (χ0v) is 18.5. The molecule has 2 N–H and O–H groups in total. The predicted octanol–water partition coefficient (Wildman–Crippen LogP) is 3.48. The highest BCUT2D eigenvalue weighted by molar-refractivity contribution is 5.89. The summed E-state index contributed by atoms with van der Waals surface area (Å²) >= 11 is 0. The van der Waals surface area contributed by atoms with Gasteiger partial charge < -0.3 is 20.1 Å². The molecule has 0 aliphatic carbocycles. The van der Waals surface area contributed by atoms with E-state index in [9.17, 15) is 13.6 Å². The summed E-state index contributed by atoms with van der Waals surface area (Å²) in [5.41, 5.74) is 1.17. The number of alkyl halides is 2. The van der Waals surface area contributed by atoms with Crippen molar-refractivity contribution in [3.63, 3.8) is 0 Å². The Hall–Kier alpha value is -3.80. The third-order valence-corrected chi connectivity index (χ3v) is 4.13. The van der Waals surface area contributed by atoms with E-state index >= 15 is 0 Å². The second-order valence-corrected chi connectivity index (χ2v) is 7.09. The maximum atomic E-state index is 13.8. The molecule has 0 fully saturated rings. The van der Waals surface area contributed by atoms with Gasteiger partial charge in [-0.1, -0.05) is 0 Å². The molecule has 174 valence electrons. The Morgan fingerprint density at radius 3 is 2.61 bits per heavy atom. The van der Waals surface area contributed by atoms with E-state index in [1.807, 2.05) is 0 Å². The Morgan fingerprint density at radius 1 is 1.12 bits per heavy atom. The van der Waals surface area contributed by atoms with Gasteiger partial charge in [0.1, 0.15) is 18.2 Å². The van der Waals surface area contributed by atoms with Crippen LogP contribution in [0.15, 0.2) is 30.6 Å². The number of aromatic nitrogens is 5. The first-order valence-corrected chi connectivity index (χ1v) is 9.89. The molecule has 33 heavy (non-hydrogen) atoms. The van der Waals surface area contributed by atoms with Gasteiger partial charge in [-0.15, -0.1) is 0 Å². The Balaban J connectivity index is 2.02. The van der Waals surface area contributed by atoms with Crippen molar-refractivity contribution in [2.75, 3.05) is 31.0 Å². The molecule has 3 rings (SSSR count). The van der Waals surface area contributed by atoms with Crippen molar-refractivity contribution in [2.45, 2.75) is 26.7 Å². The number of nitrogens with zero attached hydrogens (tertiary/aromatic N) is 5. The first kappa shape index (κ1) is 23.9. The number of amides is 1. The minimum atomic E-state index is -3.22. The van der Waals surface area contributed by atoms with Crippen LogP contribution in [0.5, 0.6) is 5.88 Å². The van der Waals surface area contributed by atoms with Crippen LogP contribution in [0.2, 0.25) is 0 Å². The van der Waals surface area contributed by atoms with E-state index in [1.165, 1.54) is 31.5 Å². The van der Waals surface area contributed by atoms with Crippen LogP contribution < -0.4 is 15.4 Å². The van der Waals surface area contributed by atoms with Crippen LogP contribution in [0.25, 0.3) is 11.4 Å². The van der Waals surface area contributed by atoms with Gasteiger partial charge in [0.05, 0.1) is 17.9 Å². The highest BCUT2D eigenvalue weighted by Gasteiger charge is 2.29. The Labute approximate surface area is 188 Å². The summed E-state index contributed by atoms with van der Waals surface area (Å²) in [6.45, 7) is 4.34. The van der Waals surface area contributed by atoms with Gasteiger partial charge in [-0.3, -0.25) is 4.79 Å². The van der Waals surface area contributed by atoms with E-state index in [-0.39, 0.29) is 23.4 Å². The lowest BCUT2D eigenvalue weighted by Crippen LogP contribution is -2.14. The minimum Gasteiger partial charge on any atom is -0.475 e. The molecule has 10 nitrogen and oxygen atoms in total. The van der Waals surface area contributed by atoms with Crippen molar-refractivity contribution in [3.05, 3.63) is 42.1 Å². The predicted molar refractivity (Wildman–Crippen MR) is 117 cm³/mol. The lowest BCUT2D eigenvalue weighted by Gasteiger charge is -2.15. The summed E-state index contributed by atoms with van der Waals surface area (Å²) < 4.78 is 38.1. The number of hydrogen-bond donors (Lipinski definition) is 2. The van der Waals surface area contributed by atoms with Crippen molar-refractivity contribution >= 4 is 23.2 Å². The molecule has 0 unspecified atom stereocenters. The van der Waals surface area contributed by atoms with Crippen molar-refractivity contribution in [2.24, 2.45) is 0 Å². The van der Waals surface area contributed by atoms with Crippen LogP contribution in [-0.4, -0.2) is 51.2 Å². The van der Waals surface area contributed by atoms with Crippen LogP contribution in [0, 0.1) is 6.92 Å². The SMILES string of the molecule is COCCOc1ccnc(-c2cnc(NC(C)=O)cc2Nc2cc(C)nc(C(C)(F)F)n2)n1. The molecule has 0 radical (unpaired) electrons. The Kier molecular flexibility index (Phi) is 7.38. The molecule has 1 amide bonds. The number of ether oxygens (including phenoxy) is 2. The van der Waals surface area contributed by atoms with E-state index in [0.717, 1.165) is 6.92 Å². The third kappa shape index (κ3) is 6.59. The van der Waals surface area contributed by atoms with Crippen LogP contribution >= 0.6 is 0 Å².